The summed E-state index contributed by atoms with van der Waals surface area (Å²) in [5, 5.41) is 5.16. The van der Waals surface area contributed by atoms with Crippen molar-refractivity contribution in [2.45, 2.75) is 37.0 Å². The van der Waals surface area contributed by atoms with Crippen LogP contribution in [-0.2, 0) is 21.4 Å². The molecule has 0 saturated carbocycles. The fourth-order valence-corrected chi connectivity index (χ4v) is 4.44. The number of ether oxygens (including phenoxy) is 2. The van der Waals surface area contributed by atoms with E-state index in [1.165, 1.54) is 24.3 Å². The molecule has 12 heteroatoms. The van der Waals surface area contributed by atoms with Crippen LogP contribution in [0.4, 0.5) is 26.3 Å². The molecule has 206 valence electrons. The van der Waals surface area contributed by atoms with Gasteiger partial charge in [0, 0.05) is 12.0 Å². The Morgan fingerprint density at radius 3 is 1.79 bits per heavy atom. The third kappa shape index (κ3) is 7.21. The summed E-state index contributed by atoms with van der Waals surface area (Å²) in [4.78, 5) is 24.1. The molecule has 3 aromatic carbocycles. The second-order valence-electron chi connectivity index (χ2n) is 8.94. The largest absolute Gasteiger partial charge is 0.573 e. The monoisotopic (exact) mass is 552 g/mol. The number of benzene rings is 3. The van der Waals surface area contributed by atoms with Gasteiger partial charge >= 0.3 is 12.7 Å². The second kappa shape index (κ2) is 10.9. The molecule has 0 radical (unpaired) electrons. The van der Waals surface area contributed by atoms with Gasteiger partial charge in [-0.15, -0.1) is 26.3 Å². The molecule has 2 amide bonds. The van der Waals surface area contributed by atoms with Crippen molar-refractivity contribution in [2.24, 2.45) is 0 Å². The molecule has 1 aliphatic rings. The molecular formula is C27H22F6N2O4. The van der Waals surface area contributed by atoms with Gasteiger partial charge in [-0.05, 0) is 47.4 Å². The molecule has 0 spiro atoms. The molecule has 0 aliphatic carbocycles. The third-order valence-electron chi connectivity index (χ3n) is 6.19. The Balaban J connectivity index is 1.84. The number of alkyl halides is 6. The third-order valence-corrected chi connectivity index (χ3v) is 6.19. The Morgan fingerprint density at radius 2 is 1.33 bits per heavy atom. The molecule has 3 aromatic rings. The minimum absolute atomic E-state index is 0.0403. The van der Waals surface area contributed by atoms with Gasteiger partial charge in [0.1, 0.15) is 17.5 Å². The molecule has 6 nitrogen and oxygen atoms in total. The van der Waals surface area contributed by atoms with Gasteiger partial charge in [0.25, 0.3) is 0 Å². The van der Waals surface area contributed by atoms with Gasteiger partial charge < -0.3 is 20.1 Å². The zero-order valence-electron chi connectivity index (χ0n) is 20.1. The van der Waals surface area contributed by atoms with E-state index in [0.29, 0.717) is 5.56 Å². The summed E-state index contributed by atoms with van der Waals surface area (Å²) in [6.07, 6.45) is -9.95. The second-order valence-corrected chi connectivity index (χ2v) is 8.94. The van der Waals surface area contributed by atoms with Gasteiger partial charge in [0.2, 0.25) is 11.8 Å². The summed E-state index contributed by atoms with van der Waals surface area (Å²) in [7, 11) is 0. The molecule has 0 aromatic heterocycles. The highest BCUT2D eigenvalue weighted by Gasteiger charge is 2.40. The summed E-state index contributed by atoms with van der Waals surface area (Å²) < 4.78 is 86.4. The molecule has 4 rings (SSSR count). The number of hydrogen-bond acceptors (Lipinski definition) is 4. The van der Waals surface area contributed by atoms with Crippen molar-refractivity contribution in [1.82, 2.24) is 10.6 Å². The van der Waals surface area contributed by atoms with Crippen molar-refractivity contribution in [3.05, 3.63) is 95.6 Å². The maximum absolute atomic E-state index is 13.0. The van der Waals surface area contributed by atoms with E-state index < -0.39 is 41.6 Å². The Hall–Kier alpha value is -4.22. The quantitative estimate of drug-likeness (QED) is 0.289. The van der Waals surface area contributed by atoms with E-state index in [4.69, 9.17) is 0 Å². The molecule has 0 bridgehead atoms. The summed E-state index contributed by atoms with van der Waals surface area (Å²) in [6.45, 7) is -0.238. The van der Waals surface area contributed by atoms with E-state index in [9.17, 15) is 35.9 Å². The highest BCUT2D eigenvalue weighted by molar-refractivity contribution is 5.97. The number of nitrogens with one attached hydrogen (secondary N) is 2. The first-order valence-electron chi connectivity index (χ1n) is 11.7. The molecule has 2 N–H and O–H groups in total. The lowest BCUT2D eigenvalue weighted by Gasteiger charge is -2.37. The lowest BCUT2D eigenvalue weighted by molar-refractivity contribution is -0.275. The van der Waals surface area contributed by atoms with Gasteiger partial charge in [-0.1, -0.05) is 54.6 Å². The normalized spacial score (nSPS) is 15.6. The minimum atomic E-state index is -4.99. The molecule has 1 atom stereocenters. The number of β-lactam (4-membered cyclic amide) rings is 1. The van der Waals surface area contributed by atoms with Crippen LogP contribution in [0.2, 0.25) is 0 Å². The molecule has 1 aliphatic heterocycles. The fraction of sp³-hybridized carbons (Fsp3) is 0.259. The van der Waals surface area contributed by atoms with E-state index in [2.05, 4.69) is 20.1 Å². The van der Waals surface area contributed by atoms with Crippen molar-refractivity contribution in [1.29, 1.82) is 0 Å². The number of carbonyl (C=O) groups excluding carboxylic acids is 2. The van der Waals surface area contributed by atoms with Gasteiger partial charge in [-0.25, -0.2) is 0 Å². The van der Waals surface area contributed by atoms with E-state index in [1.807, 2.05) is 0 Å². The Labute approximate surface area is 218 Å². The van der Waals surface area contributed by atoms with Gasteiger partial charge in [0.05, 0.1) is 6.42 Å². The van der Waals surface area contributed by atoms with Crippen LogP contribution in [0, 0.1) is 0 Å². The lowest BCUT2D eigenvalue weighted by Crippen LogP contribution is -2.58. The number of hydrogen-bond donors (Lipinski definition) is 2. The summed E-state index contributed by atoms with van der Waals surface area (Å²) in [5.74, 6) is -1.95. The smallest absolute Gasteiger partial charge is 0.406 e. The number of carbonyl (C=O) groups is 2. The topological polar surface area (TPSA) is 76.7 Å². The van der Waals surface area contributed by atoms with Crippen LogP contribution >= 0.6 is 0 Å². The predicted molar refractivity (Wildman–Crippen MR) is 127 cm³/mol. The fourth-order valence-electron chi connectivity index (χ4n) is 4.44. The van der Waals surface area contributed by atoms with Crippen molar-refractivity contribution >= 4 is 11.8 Å². The standard InChI is InChI=1S/C27H22F6N2O4/c28-26(29,30)38-20-10-4-8-18(12-20)25(15-17-6-2-1-3-7-17,16-34-24(37)22-14-23(36)35-22)19-9-5-11-21(13-19)39-27(31,32)33/h1-13,22H,14-16H2,(H,34,37)(H,35,36)/t22-/m1/s1. The lowest BCUT2D eigenvalue weighted by atomic mass is 9.70. The average molecular weight is 552 g/mol. The van der Waals surface area contributed by atoms with E-state index in [-0.39, 0.29) is 36.4 Å². The van der Waals surface area contributed by atoms with Crippen LogP contribution in [-0.4, -0.2) is 37.1 Å². The van der Waals surface area contributed by atoms with Crippen LogP contribution in [0.1, 0.15) is 23.1 Å². The Morgan fingerprint density at radius 1 is 0.821 bits per heavy atom. The zero-order chi connectivity index (χ0) is 28.3. The predicted octanol–water partition coefficient (Wildman–Crippen LogP) is 5.02. The Bertz CT molecular complexity index is 1260. The van der Waals surface area contributed by atoms with Crippen molar-refractivity contribution in [2.75, 3.05) is 6.54 Å². The average Bonchev–Trinajstić information content (AvgIpc) is 2.83. The molecule has 1 saturated heterocycles. The van der Waals surface area contributed by atoms with Crippen molar-refractivity contribution in [3.63, 3.8) is 0 Å². The molecule has 39 heavy (non-hydrogen) atoms. The number of rotatable bonds is 9. The highest BCUT2D eigenvalue weighted by atomic mass is 19.4. The summed E-state index contributed by atoms with van der Waals surface area (Å²) in [5.41, 5.74) is -0.237. The highest BCUT2D eigenvalue weighted by Crippen LogP contribution is 2.40. The van der Waals surface area contributed by atoms with E-state index >= 15 is 0 Å². The van der Waals surface area contributed by atoms with Crippen LogP contribution in [0.15, 0.2) is 78.9 Å². The first-order chi connectivity index (χ1) is 18.3. The maximum atomic E-state index is 13.0. The molecule has 1 fully saturated rings. The van der Waals surface area contributed by atoms with Crippen LogP contribution in [0.25, 0.3) is 0 Å². The van der Waals surface area contributed by atoms with Crippen LogP contribution < -0.4 is 20.1 Å². The summed E-state index contributed by atoms with van der Waals surface area (Å²) in [6, 6.07) is 18.0. The Kier molecular flexibility index (Phi) is 7.75. The number of amides is 2. The minimum Gasteiger partial charge on any atom is -0.406 e. The molecular weight excluding hydrogens is 530 g/mol. The first kappa shape index (κ1) is 27.8. The zero-order valence-corrected chi connectivity index (χ0v) is 20.1. The molecule has 1 heterocycles. The SMILES string of the molecule is O=C1C[C@H](C(=O)NCC(Cc2ccccc2)(c2cccc(OC(F)(F)F)c2)c2cccc(OC(F)(F)F)c2)N1. The maximum Gasteiger partial charge on any atom is 0.573 e. The molecule has 0 unspecified atom stereocenters. The van der Waals surface area contributed by atoms with Crippen molar-refractivity contribution in [3.8, 4) is 11.5 Å². The van der Waals surface area contributed by atoms with Gasteiger partial charge in [0.15, 0.2) is 0 Å². The van der Waals surface area contributed by atoms with Crippen LogP contribution in [0.3, 0.4) is 0 Å². The summed E-state index contributed by atoms with van der Waals surface area (Å²) >= 11 is 0. The van der Waals surface area contributed by atoms with Gasteiger partial charge in [-0.3, -0.25) is 9.59 Å². The van der Waals surface area contributed by atoms with Crippen LogP contribution in [0.5, 0.6) is 11.5 Å². The van der Waals surface area contributed by atoms with E-state index in [1.54, 1.807) is 30.3 Å². The first-order valence-corrected chi connectivity index (χ1v) is 11.7. The van der Waals surface area contributed by atoms with E-state index in [0.717, 1.165) is 24.3 Å². The van der Waals surface area contributed by atoms with Gasteiger partial charge in [-0.2, -0.15) is 0 Å². The number of halogens is 6. The van der Waals surface area contributed by atoms with Crippen molar-refractivity contribution < 1.29 is 45.4 Å².